The van der Waals surface area contributed by atoms with Crippen LogP contribution in [0.15, 0.2) is 47.4 Å². The summed E-state index contributed by atoms with van der Waals surface area (Å²) in [5.74, 6) is -0.0392. The smallest absolute Gasteiger partial charge is 0.243 e. The number of fused-ring (bicyclic) bond motifs is 1. The predicted molar refractivity (Wildman–Crippen MR) is 117 cm³/mol. The summed E-state index contributed by atoms with van der Waals surface area (Å²) in [6, 6.07) is 12.2. The van der Waals surface area contributed by atoms with Gasteiger partial charge in [0.15, 0.2) is 9.84 Å². The fraction of sp³-hybridized carbons (Fsp3) is 0.524. The quantitative estimate of drug-likeness (QED) is 0.602. The molecule has 0 bridgehead atoms. The lowest BCUT2D eigenvalue weighted by Crippen LogP contribution is -2.42. The molecule has 1 atom stereocenters. The SMILES string of the molecule is CCN(CC)CCCN([C@@H]1CCS(=O)(=O)C1)S(=O)(=O)c1ccc2ccccc2c1. The molecule has 0 aliphatic carbocycles. The van der Waals surface area contributed by atoms with E-state index in [0.29, 0.717) is 19.4 Å². The van der Waals surface area contributed by atoms with Gasteiger partial charge in [-0.15, -0.1) is 0 Å². The van der Waals surface area contributed by atoms with Crippen molar-refractivity contribution < 1.29 is 16.8 Å². The van der Waals surface area contributed by atoms with E-state index in [1.54, 1.807) is 12.1 Å². The van der Waals surface area contributed by atoms with Crippen LogP contribution in [0.5, 0.6) is 0 Å². The van der Waals surface area contributed by atoms with Crippen LogP contribution in [-0.2, 0) is 19.9 Å². The molecule has 1 heterocycles. The van der Waals surface area contributed by atoms with Crippen LogP contribution in [0.2, 0.25) is 0 Å². The number of benzene rings is 2. The third-order valence-electron chi connectivity index (χ3n) is 5.69. The van der Waals surface area contributed by atoms with Gasteiger partial charge in [-0.25, -0.2) is 16.8 Å². The van der Waals surface area contributed by atoms with Crippen LogP contribution in [0.1, 0.15) is 26.7 Å². The van der Waals surface area contributed by atoms with Crippen LogP contribution < -0.4 is 0 Å². The molecule has 1 aliphatic heterocycles. The van der Waals surface area contributed by atoms with Gasteiger partial charge in [-0.3, -0.25) is 0 Å². The molecule has 0 radical (unpaired) electrons. The second-order valence-electron chi connectivity index (χ2n) is 7.56. The van der Waals surface area contributed by atoms with Gasteiger partial charge < -0.3 is 4.90 Å². The Labute approximate surface area is 174 Å². The van der Waals surface area contributed by atoms with E-state index in [1.807, 2.05) is 30.3 Å². The molecule has 0 spiro atoms. The molecule has 0 amide bonds. The number of nitrogens with zero attached hydrogens (tertiary/aromatic N) is 2. The maximum Gasteiger partial charge on any atom is 0.243 e. The normalized spacial score (nSPS) is 19.4. The van der Waals surface area contributed by atoms with E-state index in [0.717, 1.165) is 30.4 Å². The highest BCUT2D eigenvalue weighted by atomic mass is 32.2. The summed E-state index contributed by atoms with van der Waals surface area (Å²) >= 11 is 0. The van der Waals surface area contributed by atoms with Crippen LogP contribution >= 0.6 is 0 Å². The zero-order valence-electron chi connectivity index (χ0n) is 17.1. The Hall–Kier alpha value is -1.48. The summed E-state index contributed by atoms with van der Waals surface area (Å²) in [6.45, 7) is 7.09. The molecule has 2 aromatic rings. The fourth-order valence-corrected chi connectivity index (χ4v) is 7.51. The first kappa shape index (κ1) is 22.2. The zero-order chi connectivity index (χ0) is 21.1. The van der Waals surface area contributed by atoms with Gasteiger partial charge >= 0.3 is 0 Å². The van der Waals surface area contributed by atoms with Gasteiger partial charge in [-0.2, -0.15) is 4.31 Å². The number of sulfonamides is 1. The minimum atomic E-state index is -3.79. The first-order valence-electron chi connectivity index (χ1n) is 10.2. The van der Waals surface area contributed by atoms with Gasteiger partial charge in [-0.1, -0.05) is 44.2 Å². The Morgan fingerprint density at radius 3 is 2.31 bits per heavy atom. The first-order chi connectivity index (χ1) is 13.8. The maximum atomic E-state index is 13.5. The molecule has 1 fully saturated rings. The second kappa shape index (κ2) is 9.12. The summed E-state index contributed by atoms with van der Waals surface area (Å²) in [6.07, 6.45) is 1.03. The molecular weight excluding hydrogens is 408 g/mol. The minimum Gasteiger partial charge on any atom is -0.304 e. The standard InChI is InChI=1S/C21H30N2O4S2/c1-3-22(4-2)13-7-14-23(20-12-15-28(24,25)17-20)29(26,27)21-11-10-18-8-5-6-9-19(18)16-21/h5-6,8-11,16,20H,3-4,7,12-15,17H2,1-2H3/t20-/m1/s1. The number of hydrogen-bond donors (Lipinski definition) is 0. The van der Waals surface area contributed by atoms with Gasteiger partial charge in [0.2, 0.25) is 10.0 Å². The molecule has 1 aliphatic rings. The lowest BCUT2D eigenvalue weighted by Gasteiger charge is -2.28. The highest BCUT2D eigenvalue weighted by Gasteiger charge is 2.38. The molecule has 0 aromatic heterocycles. The van der Waals surface area contributed by atoms with Crippen molar-refractivity contribution in [2.75, 3.05) is 37.7 Å². The van der Waals surface area contributed by atoms with E-state index in [9.17, 15) is 16.8 Å². The van der Waals surface area contributed by atoms with E-state index < -0.39 is 25.9 Å². The topological polar surface area (TPSA) is 74.8 Å². The Balaban J connectivity index is 1.90. The van der Waals surface area contributed by atoms with Gasteiger partial charge in [0.05, 0.1) is 16.4 Å². The second-order valence-corrected chi connectivity index (χ2v) is 11.7. The molecule has 0 saturated carbocycles. The molecule has 0 N–H and O–H groups in total. The largest absolute Gasteiger partial charge is 0.304 e. The summed E-state index contributed by atoms with van der Waals surface area (Å²) in [5, 5.41) is 1.83. The molecule has 0 unspecified atom stereocenters. The maximum absolute atomic E-state index is 13.5. The monoisotopic (exact) mass is 438 g/mol. The average molecular weight is 439 g/mol. The van der Waals surface area contributed by atoms with Crippen molar-refractivity contribution in [1.29, 1.82) is 0 Å². The number of sulfone groups is 1. The lowest BCUT2D eigenvalue weighted by molar-refractivity contribution is 0.269. The van der Waals surface area contributed by atoms with Crippen molar-refractivity contribution in [3.63, 3.8) is 0 Å². The summed E-state index contributed by atoms with van der Waals surface area (Å²) in [7, 11) is -6.97. The van der Waals surface area contributed by atoms with Crippen LogP contribution in [0, 0.1) is 0 Å². The molecule has 3 rings (SSSR count). The highest BCUT2D eigenvalue weighted by Crippen LogP contribution is 2.27. The van der Waals surface area contributed by atoms with Crippen molar-refractivity contribution in [2.24, 2.45) is 0 Å². The van der Waals surface area contributed by atoms with E-state index in [1.165, 1.54) is 4.31 Å². The lowest BCUT2D eigenvalue weighted by atomic mass is 10.1. The van der Waals surface area contributed by atoms with Crippen LogP contribution in [0.4, 0.5) is 0 Å². The average Bonchev–Trinajstić information content (AvgIpc) is 3.06. The summed E-state index contributed by atoms with van der Waals surface area (Å²) < 4.78 is 52.5. The highest BCUT2D eigenvalue weighted by molar-refractivity contribution is 7.92. The van der Waals surface area contributed by atoms with Crippen molar-refractivity contribution in [1.82, 2.24) is 9.21 Å². The zero-order valence-corrected chi connectivity index (χ0v) is 18.8. The van der Waals surface area contributed by atoms with Crippen molar-refractivity contribution >= 4 is 30.6 Å². The van der Waals surface area contributed by atoms with E-state index in [2.05, 4.69) is 18.7 Å². The number of hydrogen-bond acceptors (Lipinski definition) is 5. The van der Waals surface area contributed by atoms with E-state index in [4.69, 9.17) is 0 Å². The molecule has 160 valence electrons. The van der Waals surface area contributed by atoms with Crippen molar-refractivity contribution in [3.8, 4) is 0 Å². The van der Waals surface area contributed by atoms with Gasteiger partial charge in [-0.05, 0) is 55.4 Å². The molecule has 29 heavy (non-hydrogen) atoms. The molecular formula is C21H30N2O4S2. The third kappa shape index (κ3) is 5.17. The Morgan fingerprint density at radius 2 is 1.69 bits per heavy atom. The minimum absolute atomic E-state index is 0.0530. The molecule has 6 nitrogen and oxygen atoms in total. The van der Waals surface area contributed by atoms with Crippen LogP contribution in [-0.4, -0.2) is 69.8 Å². The third-order valence-corrected chi connectivity index (χ3v) is 9.39. The Morgan fingerprint density at radius 1 is 1.00 bits per heavy atom. The number of rotatable bonds is 9. The fourth-order valence-electron chi connectivity index (χ4n) is 3.95. The Kier molecular flexibility index (Phi) is 6.98. The van der Waals surface area contributed by atoms with Crippen LogP contribution in [0.3, 0.4) is 0 Å². The predicted octanol–water partition coefficient (Wildman–Crippen LogP) is 2.75. The van der Waals surface area contributed by atoms with Gasteiger partial charge in [0.25, 0.3) is 0 Å². The van der Waals surface area contributed by atoms with Crippen molar-refractivity contribution in [2.45, 2.75) is 37.6 Å². The summed E-state index contributed by atoms with van der Waals surface area (Å²) in [4.78, 5) is 2.47. The van der Waals surface area contributed by atoms with Crippen molar-refractivity contribution in [3.05, 3.63) is 42.5 Å². The van der Waals surface area contributed by atoms with Crippen LogP contribution in [0.25, 0.3) is 10.8 Å². The molecule has 8 heteroatoms. The molecule has 2 aromatic carbocycles. The Bertz CT molecular complexity index is 1050. The van der Waals surface area contributed by atoms with Gasteiger partial charge in [0, 0.05) is 12.6 Å². The summed E-state index contributed by atoms with van der Waals surface area (Å²) in [5.41, 5.74) is 0. The first-order valence-corrected chi connectivity index (χ1v) is 13.5. The van der Waals surface area contributed by atoms with E-state index in [-0.39, 0.29) is 16.4 Å². The van der Waals surface area contributed by atoms with Gasteiger partial charge in [0.1, 0.15) is 0 Å². The molecule has 1 saturated heterocycles. The van der Waals surface area contributed by atoms with E-state index >= 15 is 0 Å².